The molecule has 2 aromatic rings. The Labute approximate surface area is 144 Å². The van der Waals surface area contributed by atoms with Crippen LogP contribution in [0.2, 0.25) is 0 Å². The highest BCUT2D eigenvalue weighted by Crippen LogP contribution is 2.40. The lowest BCUT2D eigenvalue weighted by Crippen LogP contribution is -2.28. The number of nitrogens with zero attached hydrogens (tertiary/aromatic N) is 1. The van der Waals surface area contributed by atoms with E-state index in [0.717, 1.165) is 12.8 Å². The van der Waals surface area contributed by atoms with E-state index in [1.165, 1.54) is 12.1 Å². The molecular formula is C19H19FN2O3. The summed E-state index contributed by atoms with van der Waals surface area (Å²) in [6, 6.07) is 9.32. The molecule has 6 heteroatoms. The van der Waals surface area contributed by atoms with Gasteiger partial charge in [0.05, 0.1) is 29.4 Å². The molecule has 1 aromatic carbocycles. The van der Waals surface area contributed by atoms with Crippen molar-refractivity contribution < 1.29 is 19.1 Å². The average Bonchev–Trinajstić information content (AvgIpc) is 3.44. The van der Waals surface area contributed by atoms with E-state index < -0.39 is 17.7 Å². The van der Waals surface area contributed by atoms with Gasteiger partial charge in [-0.05, 0) is 43.5 Å². The third-order valence-electron chi connectivity index (χ3n) is 4.39. The monoisotopic (exact) mass is 342 g/mol. The van der Waals surface area contributed by atoms with E-state index in [9.17, 15) is 19.1 Å². The van der Waals surface area contributed by atoms with Crippen LogP contribution in [0.4, 0.5) is 4.39 Å². The molecule has 2 N–H and O–H groups in total. The van der Waals surface area contributed by atoms with Gasteiger partial charge < -0.3 is 10.4 Å². The molecule has 0 aliphatic heterocycles. The van der Waals surface area contributed by atoms with Crippen LogP contribution in [0.5, 0.6) is 0 Å². The Balaban J connectivity index is 1.69. The van der Waals surface area contributed by atoms with E-state index in [2.05, 4.69) is 10.3 Å². The van der Waals surface area contributed by atoms with Gasteiger partial charge in [0.2, 0.25) is 5.91 Å². The van der Waals surface area contributed by atoms with Gasteiger partial charge in [-0.25, -0.2) is 9.18 Å². The molecule has 130 valence electrons. The summed E-state index contributed by atoms with van der Waals surface area (Å²) in [6.45, 7) is 1.82. The van der Waals surface area contributed by atoms with Gasteiger partial charge in [0.1, 0.15) is 5.82 Å². The van der Waals surface area contributed by atoms with Crippen LogP contribution in [-0.2, 0) is 11.3 Å². The molecule has 1 atom stereocenters. The molecule has 1 heterocycles. The van der Waals surface area contributed by atoms with Crippen molar-refractivity contribution >= 4 is 11.9 Å². The SMILES string of the molecule is CC(C(=O)NCc1ccc(C(=O)O)c(C2CC2)n1)c1ccccc1F. The van der Waals surface area contributed by atoms with E-state index in [-0.39, 0.29) is 23.9 Å². The van der Waals surface area contributed by atoms with E-state index in [1.807, 2.05) is 0 Å². The molecule has 3 rings (SSSR count). The highest BCUT2D eigenvalue weighted by molar-refractivity contribution is 5.89. The van der Waals surface area contributed by atoms with Crippen molar-refractivity contribution in [3.63, 3.8) is 0 Å². The van der Waals surface area contributed by atoms with Gasteiger partial charge in [-0.1, -0.05) is 18.2 Å². The normalized spacial score (nSPS) is 14.8. The van der Waals surface area contributed by atoms with E-state index in [4.69, 9.17) is 0 Å². The third-order valence-corrected chi connectivity index (χ3v) is 4.39. The van der Waals surface area contributed by atoms with Crippen LogP contribution in [0.1, 0.15) is 58.9 Å². The Kier molecular flexibility index (Phi) is 4.79. The molecule has 5 nitrogen and oxygen atoms in total. The fourth-order valence-electron chi connectivity index (χ4n) is 2.76. The van der Waals surface area contributed by atoms with Crippen LogP contribution in [0.25, 0.3) is 0 Å². The number of benzene rings is 1. The summed E-state index contributed by atoms with van der Waals surface area (Å²) in [7, 11) is 0. The quantitative estimate of drug-likeness (QED) is 0.845. The Morgan fingerprint density at radius 2 is 2.00 bits per heavy atom. The lowest BCUT2D eigenvalue weighted by Gasteiger charge is -2.14. The van der Waals surface area contributed by atoms with Gasteiger partial charge in [-0.2, -0.15) is 0 Å². The minimum absolute atomic E-state index is 0.178. The average molecular weight is 342 g/mol. The topological polar surface area (TPSA) is 79.3 Å². The maximum absolute atomic E-state index is 13.8. The number of rotatable bonds is 6. The molecule has 0 radical (unpaired) electrons. The van der Waals surface area contributed by atoms with E-state index >= 15 is 0 Å². The fourth-order valence-corrected chi connectivity index (χ4v) is 2.76. The first-order chi connectivity index (χ1) is 12.0. The van der Waals surface area contributed by atoms with Gasteiger partial charge >= 0.3 is 5.97 Å². The molecule has 25 heavy (non-hydrogen) atoms. The predicted octanol–water partition coefficient (Wildman–Crippen LogP) is 3.22. The molecule has 1 saturated carbocycles. The number of carboxylic acid groups (broad SMARTS) is 1. The first kappa shape index (κ1) is 17.1. The molecule has 1 amide bonds. The van der Waals surface area contributed by atoms with Gasteiger partial charge in [-0.15, -0.1) is 0 Å². The summed E-state index contributed by atoms with van der Waals surface area (Å²) in [5.41, 5.74) is 1.74. The second-order valence-corrected chi connectivity index (χ2v) is 6.28. The standard InChI is InChI=1S/C19H19FN2O3/c1-11(14-4-2-3-5-16(14)20)18(23)21-10-13-8-9-15(19(24)25)17(22-13)12-6-7-12/h2-5,8-9,11-12H,6-7,10H2,1H3,(H,21,23)(H,24,25). The van der Waals surface area contributed by atoms with Gasteiger partial charge in [0.15, 0.2) is 0 Å². The molecule has 0 saturated heterocycles. The third kappa shape index (κ3) is 3.84. The number of nitrogens with one attached hydrogen (secondary N) is 1. The lowest BCUT2D eigenvalue weighted by molar-refractivity contribution is -0.122. The maximum Gasteiger partial charge on any atom is 0.337 e. The zero-order chi connectivity index (χ0) is 18.0. The number of pyridine rings is 1. The molecule has 0 bridgehead atoms. The van der Waals surface area contributed by atoms with Crippen LogP contribution < -0.4 is 5.32 Å². The Hall–Kier alpha value is -2.76. The zero-order valence-electron chi connectivity index (χ0n) is 13.8. The molecular weight excluding hydrogens is 323 g/mol. The summed E-state index contributed by atoms with van der Waals surface area (Å²) >= 11 is 0. The van der Waals surface area contributed by atoms with Gasteiger partial charge in [0.25, 0.3) is 0 Å². The largest absolute Gasteiger partial charge is 0.478 e. The van der Waals surface area contributed by atoms with Crippen LogP contribution in [0.3, 0.4) is 0 Å². The smallest absolute Gasteiger partial charge is 0.337 e. The second-order valence-electron chi connectivity index (χ2n) is 6.28. The maximum atomic E-state index is 13.8. The van der Waals surface area contributed by atoms with Crippen LogP contribution in [-0.4, -0.2) is 22.0 Å². The van der Waals surface area contributed by atoms with Crippen LogP contribution in [0.15, 0.2) is 36.4 Å². The van der Waals surface area contributed by atoms with Crippen molar-refractivity contribution in [1.82, 2.24) is 10.3 Å². The fraction of sp³-hybridized carbons (Fsp3) is 0.316. The summed E-state index contributed by atoms with van der Waals surface area (Å²) in [5, 5.41) is 12.0. The Bertz CT molecular complexity index is 818. The predicted molar refractivity (Wildman–Crippen MR) is 89.8 cm³/mol. The van der Waals surface area contributed by atoms with Crippen molar-refractivity contribution in [3.8, 4) is 0 Å². The Morgan fingerprint density at radius 1 is 1.28 bits per heavy atom. The molecule has 1 unspecified atom stereocenters. The summed E-state index contributed by atoms with van der Waals surface area (Å²) < 4.78 is 13.8. The van der Waals surface area contributed by atoms with E-state index in [0.29, 0.717) is 17.0 Å². The molecule has 1 aliphatic rings. The number of aromatic nitrogens is 1. The number of carbonyl (C=O) groups is 2. The minimum atomic E-state index is -0.988. The van der Waals surface area contributed by atoms with Crippen molar-refractivity contribution in [2.45, 2.75) is 38.1 Å². The number of hydrogen-bond acceptors (Lipinski definition) is 3. The Morgan fingerprint density at radius 3 is 2.64 bits per heavy atom. The highest BCUT2D eigenvalue weighted by Gasteiger charge is 2.30. The number of hydrogen-bond donors (Lipinski definition) is 2. The van der Waals surface area contributed by atoms with Crippen molar-refractivity contribution in [2.75, 3.05) is 0 Å². The molecule has 1 fully saturated rings. The number of carboxylic acids is 1. The first-order valence-electron chi connectivity index (χ1n) is 8.22. The number of carbonyl (C=O) groups excluding carboxylic acids is 1. The number of halogens is 1. The first-order valence-corrected chi connectivity index (χ1v) is 8.22. The number of aromatic carboxylic acids is 1. The summed E-state index contributed by atoms with van der Waals surface area (Å²) in [6.07, 6.45) is 1.88. The van der Waals surface area contributed by atoms with Crippen molar-refractivity contribution in [1.29, 1.82) is 0 Å². The zero-order valence-corrected chi connectivity index (χ0v) is 13.8. The van der Waals surface area contributed by atoms with Crippen molar-refractivity contribution in [2.24, 2.45) is 0 Å². The van der Waals surface area contributed by atoms with Gasteiger partial charge in [-0.3, -0.25) is 9.78 Å². The molecule has 0 spiro atoms. The van der Waals surface area contributed by atoms with Crippen LogP contribution >= 0.6 is 0 Å². The molecule has 1 aromatic heterocycles. The van der Waals surface area contributed by atoms with E-state index in [1.54, 1.807) is 31.2 Å². The minimum Gasteiger partial charge on any atom is -0.478 e. The van der Waals surface area contributed by atoms with Crippen molar-refractivity contribution in [3.05, 3.63) is 64.7 Å². The van der Waals surface area contributed by atoms with Gasteiger partial charge in [0, 0.05) is 5.92 Å². The lowest BCUT2D eigenvalue weighted by atomic mass is 10.00. The van der Waals surface area contributed by atoms with Crippen LogP contribution in [0, 0.1) is 5.82 Å². The number of amides is 1. The molecule has 1 aliphatic carbocycles. The second kappa shape index (κ2) is 7.01. The summed E-state index contributed by atoms with van der Waals surface area (Å²) in [5.74, 6) is -2.13. The summed E-state index contributed by atoms with van der Waals surface area (Å²) in [4.78, 5) is 27.9. The highest BCUT2D eigenvalue weighted by atomic mass is 19.1.